The summed E-state index contributed by atoms with van der Waals surface area (Å²) in [6.45, 7) is 3.06. The molecule has 7 heteroatoms. The van der Waals surface area contributed by atoms with E-state index in [2.05, 4.69) is 15.5 Å². The zero-order valence-electron chi connectivity index (χ0n) is 13.6. The lowest BCUT2D eigenvalue weighted by molar-refractivity contribution is -0.114. The van der Waals surface area contributed by atoms with Gasteiger partial charge in [0.2, 0.25) is 5.91 Å². The number of amides is 1. The Morgan fingerprint density at radius 1 is 1.04 bits per heavy atom. The van der Waals surface area contributed by atoms with Crippen LogP contribution in [0.3, 0.4) is 0 Å². The molecule has 1 heterocycles. The number of nitrogens with zero attached hydrogens (tertiary/aromatic N) is 1. The van der Waals surface area contributed by atoms with Crippen molar-refractivity contribution in [2.24, 2.45) is 0 Å². The van der Waals surface area contributed by atoms with E-state index in [4.69, 9.17) is 27.9 Å². The van der Waals surface area contributed by atoms with Crippen LogP contribution < -0.4 is 15.5 Å². The van der Waals surface area contributed by atoms with Crippen LogP contribution in [0.5, 0.6) is 0 Å². The van der Waals surface area contributed by atoms with E-state index in [1.54, 1.807) is 18.2 Å². The van der Waals surface area contributed by atoms with Crippen LogP contribution in [0, 0.1) is 0 Å². The summed E-state index contributed by atoms with van der Waals surface area (Å²) >= 11 is 12.2. The number of carbonyl (C=O) groups excluding carboxylic acids is 1. The van der Waals surface area contributed by atoms with Gasteiger partial charge in [0.15, 0.2) is 0 Å². The van der Waals surface area contributed by atoms with Crippen molar-refractivity contribution in [2.45, 2.75) is 0 Å². The molecule has 0 aliphatic carbocycles. The topological polar surface area (TPSA) is 53.6 Å². The second kappa shape index (κ2) is 8.43. The molecular formula is C18H19Cl2N3O2. The summed E-state index contributed by atoms with van der Waals surface area (Å²) in [6.07, 6.45) is 0. The normalized spacial score (nSPS) is 14.2. The lowest BCUT2D eigenvalue weighted by Crippen LogP contribution is -2.37. The minimum Gasteiger partial charge on any atom is -0.378 e. The predicted molar refractivity (Wildman–Crippen MR) is 103 cm³/mol. The van der Waals surface area contributed by atoms with E-state index in [0.717, 1.165) is 24.5 Å². The molecule has 0 atom stereocenters. The minimum atomic E-state index is -0.170. The van der Waals surface area contributed by atoms with Gasteiger partial charge in [0.05, 0.1) is 46.9 Å². The maximum Gasteiger partial charge on any atom is 0.243 e. The van der Waals surface area contributed by atoms with Crippen LogP contribution in [0.25, 0.3) is 0 Å². The Balaban J connectivity index is 1.65. The molecule has 1 fully saturated rings. The smallest absolute Gasteiger partial charge is 0.243 e. The maximum absolute atomic E-state index is 12.3. The van der Waals surface area contributed by atoms with Gasteiger partial charge in [0.1, 0.15) is 0 Å². The molecule has 25 heavy (non-hydrogen) atoms. The monoisotopic (exact) mass is 379 g/mol. The quantitative estimate of drug-likeness (QED) is 0.827. The van der Waals surface area contributed by atoms with Gasteiger partial charge >= 0.3 is 0 Å². The maximum atomic E-state index is 12.3. The molecule has 0 spiro atoms. The fourth-order valence-corrected chi connectivity index (χ4v) is 3.22. The summed E-state index contributed by atoms with van der Waals surface area (Å²) in [5, 5.41) is 6.90. The average molecular weight is 380 g/mol. The molecule has 1 aliphatic rings. The Morgan fingerprint density at radius 3 is 2.44 bits per heavy atom. The van der Waals surface area contributed by atoms with Gasteiger partial charge in [0.25, 0.3) is 0 Å². The van der Waals surface area contributed by atoms with E-state index in [9.17, 15) is 4.79 Å². The molecule has 0 radical (unpaired) electrons. The average Bonchev–Trinajstić information content (AvgIpc) is 2.62. The first-order chi connectivity index (χ1) is 12.1. The van der Waals surface area contributed by atoms with Crippen molar-refractivity contribution in [1.82, 2.24) is 0 Å². The lowest BCUT2D eigenvalue weighted by atomic mass is 10.2. The second-order valence-electron chi connectivity index (χ2n) is 5.61. The van der Waals surface area contributed by atoms with Crippen molar-refractivity contribution in [3.63, 3.8) is 0 Å². The highest BCUT2D eigenvalue weighted by atomic mass is 35.5. The number of carbonyl (C=O) groups is 1. The number of ether oxygens (including phenoxy) is 1. The van der Waals surface area contributed by atoms with E-state index in [0.29, 0.717) is 28.9 Å². The summed E-state index contributed by atoms with van der Waals surface area (Å²) in [5.74, 6) is -0.170. The zero-order chi connectivity index (χ0) is 17.6. The van der Waals surface area contributed by atoms with Gasteiger partial charge in [-0.2, -0.15) is 0 Å². The van der Waals surface area contributed by atoms with Gasteiger partial charge in [0, 0.05) is 13.1 Å². The third kappa shape index (κ3) is 4.57. The van der Waals surface area contributed by atoms with Gasteiger partial charge in [-0.15, -0.1) is 0 Å². The van der Waals surface area contributed by atoms with Crippen molar-refractivity contribution in [3.05, 3.63) is 52.5 Å². The van der Waals surface area contributed by atoms with Gasteiger partial charge in [-0.1, -0.05) is 41.4 Å². The van der Waals surface area contributed by atoms with Crippen molar-refractivity contribution in [1.29, 1.82) is 0 Å². The van der Waals surface area contributed by atoms with Crippen LogP contribution in [0.4, 0.5) is 17.1 Å². The number of anilines is 3. The molecule has 2 aromatic carbocycles. The third-order valence-corrected chi connectivity index (χ3v) is 4.55. The minimum absolute atomic E-state index is 0.0703. The Bertz CT molecular complexity index is 729. The molecule has 0 unspecified atom stereocenters. The number of benzene rings is 2. The number of rotatable bonds is 5. The van der Waals surface area contributed by atoms with E-state index >= 15 is 0 Å². The van der Waals surface area contributed by atoms with Crippen molar-refractivity contribution in [3.8, 4) is 0 Å². The molecule has 2 aromatic rings. The van der Waals surface area contributed by atoms with E-state index < -0.39 is 0 Å². The summed E-state index contributed by atoms with van der Waals surface area (Å²) in [5.41, 5.74) is 2.33. The number of halogens is 2. The van der Waals surface area contributed by atoms with Gasteiger partial charge in [-0.3, -0.25) is 4.79 Å². The van der Waals surface area contributed by atoms with Crippen LogP contribution in [-0.2, 0) is 9.53 Å². The second-order valence-corrected chi connectivity index (χ2v) is 6.43. The van der Waals surface area contributed by atoms with Crippen molar-refractivity contribution < 1.29 is 9.53 Å². The Hall–Kier alpha value is -1.95. The fourth-order valence-electron chi connectivity index (χ4n) is 2.69. The van der Waals surface area contributed by atoms with E-state index in [1.807, 2.05) is 24.3 Å². The SMILES string of the molecule is O=C(CNc1c(Cl)cccc1Cl)Nc1ccccc1N1CCOCC1. The standard InChI is InChI=1S/C18H19Cl2N3O2/c19-13-4-3-5-14(20)18(13)21-12-17(24)22-15-6-1-2-7-16(15)23-8-10-25-11-9-23/h1-7,21H,8-12H2,(H,22,24). The molecule has 2 N–H and O–H groups in total. The van der Waals surface area contributed by atoms with Gasteiger partial charge < -0.3 is 20.3 Å². The Kier molecular flexibility index (Phi) is 6.02. The molecule has 1 amide bonds. The molecule has 1 aliphatic heterocycles. The summed E-state index contributed by atoms with van der Waals surface area (Å²) < 4.78 is 5.39. The molecule has 0 bridgehead atoms. The number of hydrogen-bond donors (Lipinski definition) is 2. The van der Waals surface area contributed by atoms with Crippen molar-refractivity contribution >= 4 is 46.2 Å². The third-order valence-electron chi connectivity index (χ3n) is 3.92. The molecule has 0 saturated carbocycles. The highest BCUT2D eigenvalue weighted by Gasteiger charge is 2.16. The Morgan fingerprint density at radius 2 is 1.72 bits per heavy atom. The first-order valence-corrected chi connectivity index (χ1v) is 8.80. The van der Waals surface area contributed by atoms with Crippen LogP contribution in [0.1, 0.15) is 0 Å². The summed E-state index contributed by atoms with van der Waals surface area (Å²) in [7, 11) is 0. The largest absolute Gasteiger partial charge is 0.378 e. The molecule has 132 valence electrons. The van der Waals surface area contributed by atoms with Crippen molar-refractivity contribution in [2.75, 3.05) is 48.4 Å². The van der Waals surface area contributed by atoms with E-state index in [-0.39, 0.29) is 12.5 Å². The predicted octanol–water partition coefficient (Wildman–Crippen LogP) is 3.88. The summed E-state index contributed by atoms with van der Waals surface area (Å²) in [6, 6.07) is 13.0. The van der Waals surface area contributed by atoms with Crippen LogP contribution in [0.15, 0.2) is 42.5 Å². The number of morpholine rings is 1. The summed E-state index contributed by atoms with van der Waals surface area (Å²) in [4.78, 5) is 14.5. The highest BCUT2D eigenvalue weighted by Crippen LogP contribution is 2.30. The van der Waals surface area contributed by atoms with Crippen LogP contribution in [0.2, 0.25) is 10.0 Å². The highest BCUT2D eigenvalue weighted by molar-refractivity contribution is 6.39. The first-order valence-electron chi connectivity index (χ1n) is 8.04. The van der Waals surface area contributed by atoms with Crippen LogP contribution >= 0.6 is 23.2 Å². The molecule has 5 nitrogen and oxygen atoms in total. The number of para-hydroxylation sites is 3. The lowest BCUT2D eigenvalue weighted by Gasteiger charge is -2.30. The van der Waals surface area contributed by atoms with Gasteiger partial charge in [-0.05, 0) is 24.3 Å². The van der Waals surface area contributed by atoms with E-state index in [1.165, 1.54) is 0 Å². The number of nitrogens with one attached hydrogen (secondary N) is 2. The molecular weight excluding hydrogens is 361 g/mol. The molecule has 1 saturated heterocycles. The number of hydrogen-bond acceptors (Lipinski definition) is 4. The fraction of sp³-hybridized carbons (Fsp3) is 0.278. The van der Waals surface area contributed by atoms with Gasteiger partial charge in [-0.25, -0.2) is 0 Å². The first kappa shape index (κ1) is 17.9. The Labute approximate surface area is 156 Å². The van der Waals surface area contributed by atoms with Crippen LogP contribution in [-0.4, -0.2) is 38.8 Å². The molecule has 0 aromatic heterocycles. The molecule has 3 rings (SSSR count). The zero-order valence-corrected chi connectivity index (χ0v) is 15.1.